The van der Waals surface area contributed by atoms with E-state index in [1.807, 2.05) is 0 Å². The Bertz CT molecular complexity index is 1460. The van der Waals surface area contributed by atoms with Gasteiger partial charge in [0.2, 0.25) is 5.91 Å². The van der Waals surface area contributed by atoms with Crippen molar-refractivity contribution in [2.75, 3.05) is 11.1 Å². The zero-order valence-electron chi connectivity index (χ0n) is 18.7. The van der Waals surface area contributed by atoms with Gasteiger partial charge in [-0.05, 0) is 55.2 Å². The SMILES string of the molecule is C=CC(=O)Nc1ccc(-c2nn3ncnc(N)c3c2-c2ccc(C(=O)NC3CCC3)c(F)c2)cc1. The Morgan fingerprint density at radius 3 is 2.54 bits per heavy atom. The van der Waals surface area contributed by atoms with E-state index < -0.39 is 11.7 Å². The Balaban J connectivity index is 1.57. The highest BCUT2D eigenvalue weighted by molar-refractivity contribution is 6.00. The van der Waals surface area contributed by atoms with Crippen molar-refractivity contribution in [2.24, 2.45) is 0 Å². The van der Waals surface area contributed by atoms with Gasteiger partial charge >= 0.3 is 0 Å². The molecule has 2 amide bonds. The number of carbonyl (C=O) groups excluding carboxylic acids is 2. The summed E-state index contributed by atoms with van der Waals surface area (Å²) in [7, 11) is 0. The fraction of sp³-hybridized carbons (Fsp3) is 0.160. The third-order valence-electron chi connectivity index (χ3n) is 6.02. The lowest BCUT2D eigenvalue weighted by atomic mass is 9.92. The molecule has 4 aromatic rings. The Morgan fingerprint density at radius 1 is 1.14 bits per heavy atom. The molecule has 9 nitrogen and oxygen atoms in total. The number of halogens is 1. The number of carbonyl (C=O) groups is 2. The van der Waals surface area contributed by atoms with E-state index in [1.54, 1.807) is 30.3 Å². The Labute approximate surface area is 199 Å². The van der Waals surface area contributed by atoms with E-state index in [0.29, 0.717) is 33.6 Å². The molecule has 1 fully saturated rings. The van der Waals surface area contributed by atoms with E-state index in [1.165, 1.54) is 29.2 Å². The minimum Gasteiger partial charge on any atom is -0.382 e. The minimum absolute atomic E-state index is 0.0230. The van der Waals surface area contributed by atoms with Gasteiger partial charge in [0, 0.05) is 22.9 Å². The molecule has 0 atom stereocenters. The first kappa shape index (κ1) is 22.2. The number of anilines is 2. The number of fused-ring (bicyclic) bond motifs is 1. The number of hydrogen-bond acceptors (Lipinski definition) is 6. The molecule has 0 saturated heterocycles. The molecule has 0 aliphatic heterocycles. The van der Waals surface area contributed by atoms with E-state index in [9.17, 15) is 9.59 Å². The first-order chi connectivity index (χ1) is 16.9. The van der Waals surface area contributed by atoms with Gasteiger partial charge in [-0.2, -0.15) is 0 Å². The van der Waals surface area contributed by atoms with Gasteiger partial charge < -0.3 is 16.4 Å². The van der Waals surface area contributed by atoms with Gasteiger partial charge in [0.1, 0.15) is 23.4 Å². The molecule has 1 saturated carbocycles. The lowest BCUT2D eigenvalue weighted by Crippen LogP contribution is -2.39. The maximum Gasteiger partial charge on any atom is 0.254 e. The quantitative estimate of drug-likeness (QED) is 0.369. The molecule has 10 heteroatoms. The third kappa shape index (κ3) is 4.21. The maximum atomic E-state index is 15.1. The lowest BCUT2D eigenvalue weighted by molar-refractivity contribution is -0.111. The van der Waals surface area contributed by atoms with Gasteiger partial charge in [-0.25, -0.2) is 9.37 Å². The molecule has 2 aromatic carbocycles. The van der Waals surface area contributed by atoms with E-state index in [4.69, 9.17) is 5.73 Å². The van der Waals surface area contributed by atoms with Crippen LogP contribution in [0.3, 0.4) is 0 Å². The van der Waals surface area contributed by atoms with Gasteiger partial charge in [-0.15, -0.1) is 14.8 Å². The van der Waals surface area contributed by atoms with Crippen LogP contribution in [0.1, 0.15) is 29.6 Å². The summed E-state index contributed by atoms with van der Waals surface area (Å²) in [5.74, 6) is -1.23. The van der Waals surface area contributed by atoms with Crippen molar-refractivity contribution in [3.63, 3.8) is 0 Å². The standard InChI is InChI=1S/C25H22FN7O2/c1-2-20(34)30-17-9-6-14(7-10-17)22-21(23-24(27)28-13-29-33(23)32-22)15-8-11-18(19(26)12-15)25(35)31-16-4-3-5-16/h2,6-13,16H,1,3-5H2,(H,30,34)(H,31,35)(H2,27,28,29). The summed E-state index contributed by atoms with van der Waals surface area (Å²) in [6.07, 6.45) is 5.35. The van der Waals surface area contributed by atoms with E-state index in [0.717, 1.165) is 19.3 Å². The zero-order valence-corrected chi connectivity index (χ0v) is 18.7. The fourth-order valence-electron chi connectivity index (χ4n) is 3.97. The smallest absolute Gasteiger partial charge is 0.254 e. The predicted molar refractivity (Wildman–Crippen MR) is 130 cm³/mol. The second kappa shape index (κ2) is 8.98. The molecule has 0 radical (unpaired) electrons. The zero-order chi connectivity index (χ0) is 24.5. The number of hydrogen-bond donors (Lipinski definition) is 3. The summed E-state index contributed by atoms with van der Waals surface area (Å²) in [5.41, 5.74) is 9.29. The number of nitrogens with zero attached hydrogens (tertiary/aromatic N) is 4. The number of nitrogens with one attached hydrogen (secondary N) is 2. The summed E-state index contributed by atoms with van der Waals surface area (Å²) in [5, 5.41) is 14.2. The van der Waals surface area contributed by atoms with E-state index in [2.05, 4.69) is 32.4 Å². The number of rotatable bonds is 6. The van der Waals surface area contributed by atoms with Gasteiger partial charge in [-0.1, -0.05) is 24.8 Å². The summed E-state index contributed by atoms with van der Waals surface area (Å²) in [6, 6.07) is 11.5. The Morgan fingerprint density at radius 2 is 1.89 bits per heavy atom. The molecule has 35 heavy (non-hydrogen) atoms. The van der Waals surface area contributed by atoms with E-state index >= 15 is 4.39 Å². The highest BCUT2D eigenvalue weighted by Crippen LogP contribution is 2.37. The van der Waals surface area contributed by atoms with Gasteiger partial charge in [0.15, 0.2) is 5.82 Å². The molecule has 4 N–H and O–H groups in total. The number of amides is 2. The number of nitrogens with two attached hydrogens (primary N) is 1. The normalized spacial score (nSPS) is 13.3. The van der Waals surface area contributed by atoms with Crippen LogP contribution in [0, 0.1) is 5.82 Å². The molecular weight excluding hydrogens is 449 g/mol. The van der Waals surface area contributed by atoms with Gasteiger partial charge in [0.05, 0.1) is 5.56 Å². The summed E-state index contributed by atoms with van der Waals surface area (Å²) in [4.78, 5) is 28.2. The van der Waals surface area contributed by atoms with Gasteiger partial charge in [-0.3, -0.25) is 9.59 Å². The van der Waals surface area contributed by atoms with Crippen molar-refractivity contribution in [2.45, 2.75) is 25.3 Å². The molecule has 0 unspecified atom stereocenters. The van der Waals surface area contributed by atoms with Crippen LogP contribution in [-0.2, 0) is 4.79 Å². The second-order valence-electron chi connectivity index (χ2n) is 8.27. The Kier molecular flexibility index (Phi) is 5.69. The van der Waals surface area contributed by atoms with Crippen molar-refractivity contribution in [1.82, 2.24) is 25.1 Å². The van der Waals surface area contributed by atoms with Crippen LogP contribution in [0.25, 0.3) is 27.9 Å². The maximum absolute atomic E-state index is 15.1. The van der Waals surface area contributed by atoms with Crippen LogP contribution < -0.4 is 16.4 Å². The second-order valence-corrected chi connectivity index (χ2v) is 8.27. The molecule has 1 aliphatic rings. The van der Waals surface area contributed by atoms with E-state index in [-0.39, 0.29) is 23.3 Å². The largest absolute Gasteiger partial charge is 0.382 e. The van der Waals surface area contributed by atoms with Crippen molar-refractivity contribution >= 4 is 28.8 Å². The molecule has 0 spiro atoms. The van der Waals surface area contributed by atoms with Gasteiger partial charge in [0.25, 0.3) is 5.91 Å². The molecule has 1 aliphatic carbocycles. The average Bonchev–Trinajstić information content (AvgIpc) is 3.22. The number of nitrogen functional groups attached to an aromatic ring is 1. The van der Waals surface area contributed by atoms with Crippen LogP contribution >= 0.6 is 0 Å². The van der Waals surface area contributed by atoms with Crippen LogP contribution in [-0.4, -0.2) is 37.7 Å². The molecule has 2 heterocycles. The summed E-state index contributed by atoms with van der Waals surface area (Å²) < 4.78 is 16.5. The van der Waals surface area contributed by atoms with Crippen molar-refractivity contribution < 1.29 is 14.0 Å². The van der Waals surface area contributed by atoms with Crippen molar-refractivity contribution in [1.29, 1.82) is 0 Å². The highest BCUT2D eigenvalue weighted by atomic mass is 19.1. The molecule has 2 aromatic heterocycles. The molecule has 5 rings (SSSR count). The lowest BCUT2D eigenvalue weighted by Gasteiger charge is -2.26. The molecule has 0 bridgehead atoms. The molecule has 176 valence electrons. The van der Waals surface area contributed by atoms with Crippen LogP contribution in [0.4, 0.5) is 15.9 Å². The average molecular weight is 471 g/mol. The Hall–Kier alpha value is -4.60. The number of benzene rings is 2. The monoisotopic (exact) mass is 471 g/mol. The first-order valence-corrected chi connectivity index (χ1v) is 11.1. The number of aromatic nitrogens is 4. The summed E-state index contributed by atoms with van der Waals surface area (Å²) in [6.45, 7) is 3.44. The topological polar surface area (TPSA) is 127 Å². The van der Waals surface area contributed by atoms with Crippen molar-refractivity contribution in [3.05, 3.63) is 72.8 Å². The van der Waals surface area contributed by atoms with Crippen LogP contribution in [0.2, 0.25) is 0 Å². The highest BCUT2D eigenvalue weighted by Gasteiger charge is 2.24. The van der Waals surface area contributed by atoms with Crippen molar-refractivity contribution in [3.8, 4) is 22.4 Å². The fourth-order valence-corrected chi connectivity index (χ4v) is 3.97. The summed E-state index contributed by atoms with van der Waals surface area (Å²) >= 11 is 0. The first-order valence-electron chi connectivity index (χ1n) is 11.1. The van der Waals surface area contributed by atoms with Crippen LogP contribution in [0.15, 0.2) is 61.4 Å². The predicted octanol–water partition coefficient (Wildman–Crippen LogP) is 3.59. The third-order valence-corrected chi connectivity index (χ3v) is 6.02. The minimum atomic E-state index is -0.650. The van der Waals surface area contributed by atoms with Crippen LogP contribution in [0.5, 0.6) is 0 Å². The molecular formula is C25H22FN7O2.